The number of rotatable bonds is 1. The van der Waals surface area contributed by atoms with E-state index in [4.69, 9.17) is 11.7 Å². The molecule has 0 unspecified atom stereocenters. The molecule has 1 aromatic rings. The van der Waals surface area contributed by atoms with E-state index < -0.39 is 17.5 Å². The van der Waals surface area contributed by atoms with Crippen LogP contribution in [0.15, 0.2) is 12.1 Å². The molecule has 1 N–H and O–H groups in total. The van der Waals surface area contributed by atoms with Crippen molar-refractivity contribution in [2.75, 3.05) is 0 Å². The Morgan fingerprint density at radius 1 is 1.67 bits per heavy atom. The Labute approximate surface area is 67.1 Å². The molecule has 0 spiro atoms. The molecule has 0 aliphatic rings. The van der Waals surface area contributed by atoms with E-state index in [2.05, 4.69) is 9.83 Å². The highest BCUT2D eigenvalue weighted by Crippen LogP contribution is 2.11. The van der Waals surface area contributed by atoms with Crippen molar-refractivity contribution in [3.8, 4) is 0 Å². The number of nitrogens with zero attached hydrogens (tertiary/aromatic N) is 2. The summed E-state index contributed by atoms with van der Waals surface area (Å²) < 4.78 is 12.7. The second-order valence-corrected chi connectivity index (χ2v) is 1.92. The van der Waals surface area contributed by atoms with Crippen LogP contribution in [0.1, 0.15) is 10.4 Å². The van der Waals surface area contributed by atoms with Gasteiger partial charge in [-0.15, -0.1) is 0 Å². The molecule has 0 atom stereocenters. The number of hydrogen-bond acceptors (Lipinski definition) is 2. The van der Waals surface area contributed by atoms with Gasteiger partial charge < -0.3 is 9.95 Å². The van der Waals surface area contributed by atoms with Gasteiger partial charge in [0.2, 0.25) is 0 Å². The minimum atomic E-state index is -1.39. The van der Waals surface area contributed by atoms with Crippen molar-refractivity contribution in [2.24, 2.45) is 0 Å². The molecule has 0 bridgehead atoms. The van der Waals surface area contributed by atoms with Gasteiger partial charge in [0, 0.05) is 0 Å². The predicted octanol–water partition coefficient (Wildman–Crippen LogP) is 1.47. The summed E-state index contributed by atoms with van der Waals surface area (Å²) >= 11 is 0. The lowest BCUT2D eigenvalue weighted by Gasteiger charge is -1.92. The zero-order valence-corrected chi connectivity index (χ0v) is 5.78. The molecule has 0 aromatic carbocycles. The summed E-state index contributed by atoms with van der Waals surface area (Å²) in [6.07, 6.45) is 0. The third-order valence-corrected chi connectivity index (χ3v) is 1.18. The van der Waals surface area contributed by atoms with Crippen LogP contribution in [0.3, 0.4) is 0 Å². The van der Waals surface area contributed by atoms with Crippen molar-refractivity contribution in [1.82, 2.24) is 4.98 Å². The zero-order valence-electron chi connectivity index (χ0n) is 5.78. The molecular formula is C7H3FN2O2. The third-order valence-electron chi connectivity index (χ3n) is 1.18. The van der Waals surface area contributed by atoms with Gasteiger partial charge in [0.25, 0.3) is 5.82 Å². The van der Waals surface area contributed by atoms with Gasteiger partial charge >= 0.3 is 11.9 Å². The molecular weight excluding hydrogens is 163 g/mol. The van der Waals surface area contributed by atoms with Crippen LogP contribution < -0.4 is 0 Å². The minimum absolute atomic E-state index is 0.155. The van der Waals surface area contributed by atoms with Crippen molar-refractivity contribution >= 4 is 11.8 Å². The molecule has 5 heteroatoms. The molecule has 0 radical (unpaired) electrons. The Hall–Kier alpha value is -1.96. The van der Waals surface area contributed by atoms with E-state index in [-0.39, 0.29) is 5.82 Å². The largest absolute Gasteiger partial charge is 0.477 e. The highest BCUT2D eigenvalue weighted by atomic mass is 19.1. The SMILES string of the molecule is [C-]#[N+]c1ccc(C(=O)O)c(F)n1. The van der Waals surface area contributed by atoms with E-state index in [0.717, 1.165) is 12.1 Å². The predicted molar refractivity (Wildman–Crippen MR) is 37.4 cm³/mol. The molecule has 0 saturated heterocycles. The van der Waals surface area contributed by atoms with E-state index in [0.29, 0.717) is 0 Å². The number of carbonyl (C=O) groups is 1. The van der Waals surface area contributed by atoms with Gasteiger partial charge in [-0.1, -0.05) is 11.6 Å². The topological polar surface area (TPSA) is 54.5 Å². The number of carboxylic acid groups (broad SMARTS) is 1. The van der Waals surface area contributed by atoms with Gasteiger partial charge in [-0.05, 0) is 12.1 Å². The van der Waals surface area contributed by atoms with E-state index in [1.54, 1.807) is 0 Å². The lowest BCUT2D eigenvalue weighted by Crippen LogP contribution is -2.01. The molecule has 60 valence electrons. The Balaban J connectivity index is 3.23. The average molecular weight is 166 g/mol. The summed E-state index contributed by atoms with van der Waals surface area (Å²) in [6.45, 7) is 6.47. The molecule has 0 fully saturated rings. The van der Waals surface area contributed by atoms with Crippen molar-refractivity contribution in [1.29, 1.82) is 0 Å². The van der Waals surface area contributed by atoms with Crippen LogP contribution in [0.2, 0.25) is 0 Å². The summed E-state index contributed by atoms with van der Waals surface area (Å²) in [6, 6.07) is 2.16. The molecule has 1 aromatic heterocycles. The van der Waals surface area contributed by atoms with Crippen LogP contribution in [0.4, 0.5) is 10.2 Å². The standard InChI is InChI=1S/C7H3FN2O2/c1-9-5-3-2-4(7(11)12)6(8)10-5/h2-3H,(H,11,12). The maximum atomic E-state index is 12.7. The van der Waals surface area contributed by atoms with E-state index >= 15 is 0 Å². The first-order valence-corrected chi connectivity index (χ1v) is 2.92. The van der Waals surface area contributed by atoms with Crippen LogP contribution in [-0.4, -0.2) is 16.1 Å². The maximum absolute atomic E-state index is 12.7. The number of aromatic carboxylic acids is 1. The molecule has 1 heterocycles. The third kappa shape index (κ3) is 1.37. The molecule has 4 nitrogen and oxygen atoms in total. The first-order valence-electron chi connectivity index (χ1n) is 2.92. The molecule has 1 rings (SSSR count). The lowest BCUT2D eigenvalue weighted by atomic mass is 10.3. The molecule has 0 amide bonds. The van der Waals surface area contributed by atoms with Crippen LogP contribution in [-0.2, 0) is 0 Å². The van der Waals surface area contributed by atoms with E-state index in [9.17, 15) is 9.18 Å². The quantitative estimate of drug-likeness (QED) is 0.507. The summed E-state index contributed by atoms with van der Waals surface area (Å²) in [4.78, 5) is 16.2. The lowest BCUT2D eigenvalue weighted by molar-refractivity contribution is 0.0691. The van der Waals surface area contributed by atoms with Crippen LogP contribution in [0.5, 0.6) is 0 Å². The Morgan fingerprint density at radius 2 is 2.33 bits per heavy atom. The zero-order chi connectivity index (χ0) is 9.14. The second kappa shape index (κ2) is 2.96. The van der Waals surface area contributed by atoms with Gasteiger partial charge in [-0.2, -0.15) is 4.39 Å². The van der Waals surface area contributed by atoms with Crippen molar-refractivity contribution in [2.45, 2.75) is 0 Å². The number of aromatic nitrogens is 1. The number of halogens is 1. The summed E-state index contributed by atoms with van der Waals surface area (Å²) in [5, 5.41) is 8.37. The van der Waals surface area contributed by atoms with Gasteiger partial charge in [-0.3, -0.25) is 0 Å². The number of carboxylic acids is 1. The normalized spacial score (nSPS) is 9.00. The van der Waals surface area contributed by atoms with Gasteiger partial charge in [0.1, 0.15) is 5.56 Å². The highest BCUT2D eigenvalue weighted by Gasteiger charge is 2.14. The van der Waals surface area contributed by atoms with Crippen LogP contribution >= 0.6 is 0 Å². The first kappa shape index (κ1) is 8.14. The fourth-order valence-corrected chi connectivity index (χ4v) is 0.646. The van der Waals surface area contributed by atoms with Crippen LogP contribution in [0, 0.1) is 12.5 Å². The molecule has 0 aliphatic heterocycles. The Bertz CT molecular complexity index is 370. The van der Waals surface area contributed by atoms with E-state index in [1.165, 1.54) is 0 Å². The summed E-state index contributed by atoms with van der Waals surface area (Å²) in [5.74, 6) is -2.68. The van der Waals surface area contributed by atoms with Gasteiger partial charge in [0.05, 0.1) is 0 Å². The Kier molecular flexibility index (Phi) is 2.01. The maximum Gasteiger partial charge on any atom is 0.342 e. The highest BCUT2D eigenvalue weighted by molar-refractivity contribution is 5.87. The summed E-state index contributed by atoms with van der Waals surface area (Å²) in [5.41, 5.74) is -0.526. The van der Waals surface area contributed by atoms with Gasteiger partial charge in [0.15, 0.2) is 0 Å². The van der Waals surface area contributed by atoms with Crippen molar-refractivity contribution < 1.29 is 14.3 Å². The smallest absolute Gasteiger partial charge is 0.342 e. The molecule has 0 aliphatic carbocycles. The number of pyridine rings is 1. The molecule has 0 saturated carbocycles. The molecule has 12 heavy (non-hydrogen) atoms. The minimum Gasteiger partial charge on any atom is -0.477 e. The monoisotopic (exact) mass is 166 g/mol. The van der Waals surface area contributed by atoms with Crippen molar-refractivity contribution in [3.63, 3.8) is 0 Å². The average Bonchev–Trinajstić information content (AvgIpc) is 2.03. The van der Waals surface area contributed by atoms with Crippen molar-refractivity contribution in [3.05, 3.63) is 35.1 Å². The Morgan fingerprint density at radius 3 is 2.75 bits per heavy atom. The fourth-order valence-electron chi connectivity index (χ4n) is 0.646. The first-order chi connectivity index (χ1) is 5.65. The summed E-state index contributed by atoms with van der Waals surface area (Å²) in [7, 11) is 0. The van der Waals surface area contributed by atoms with E-state index in [1.807, 2.05) is 0 Å². The van der Waals surface area contributed by atoms with Gasteiger partial charge in [-0.25, -0.2) is 4.79 Å². The van der Waals surface area contributed by atoms with Crippen LogP contribution in [0.25, 0.3) is 4.85 Å². The number of hydrogen-bond donors (Lipinski definition) is 1. The fraction of sp³-hybridized carbons (Fsp3) is 0. The second-order valence-electron chi connectivity index (χ2n) is 1.92.